The molecule has 0 saturated heterocycles. The number of ether oxygens (including phenoxy) is 2. The van der Waals surface area contributed by atoms with Crippen LogP contribution in [0.1, 0.15) is 18.5 Å². The van der Waals surface area contributed by atoms with E-state index >= 15 is 0 Å². The van der Waals surface area contributed by atoms with Crippen molar-refractivity contribution in [3.8, 4) is 11.5 Å². The highest BCUT2D eigenvalue weighted by Gasteiger charge is 2.32. The number of amides is 3. The molecule has 1 heterocycles. The molecule has 1 atom stereocenters. The van der Waals surface area contributed by atoms with Crippen molar-refractivity contribution in [1.82, 2.24) is 10.6 Å². The number of hydrogen-bond donors (Lipinski definition) is 3. The van der Waals surface area contributed by atoms with Crippen molar-refractivity contribution < 1.29 is 19.1 Å². The van der Waals surface area contributed by atoms with E-state index in [4.69, 9.17) is 9.47 Å². The molecule has 0 aromatic heterocycles. The van der Waals surface area contributed by atoms with Crippen LogP contribution in [-0.2, 0) is 4.79 Å². The molecule has 4 rings (SSSR count). The summed E-state index contributed by atoms with van der Waals surface area (Å²) in [6, 6.07) is 17.9. The van der Waals surface area contributed by atoms with E-state index in [0.717, 1.165) is 16.3 Å². The predicted octanol–water partition coefficient (Wildman–Crippen LogP) is 4.12. The van der Waals surface area contributed by atoms with E-state index in [0.29, 0.717) is 28.5 Å². The number of allylic oxidation sites excluding steroid dienone is 1. The Hall–Kier alpha value is -4.00. The Labute approximate surface area is 180 Å². The smallest absolute Gasteiger partial charge is 0.319 e. The van der Waals surface area contributed by atoms with Gasteiger partial charge in [-0.2, -0.15) is 0 Å². The van der Waals surface area contributed by atoms with Gasteiger partial charge < -0.3 is 25.4 Å². The Morgan fingerprint density at radius 2 is 1.77 bits per heavy atom. The van der Waals surface area contributed by atoms with Gasteiger partial charge >= 0.3 is 6.03 Å². The van der Waals surface area contributed by atoms with Crippen LogP contribution in [0.15, 0.2) is 71.9 Å². The molecule has 0 fully saturated rings. The van der Waals surface area contributed by atoms with Gasteiger partial charge in [0.25, 0.3) is 5.91 Å². The second kappa shape index (κ2) is 8.39. The first kappa shape index (κ1) is 20.3. The molecular weight excluding hydrogens is 394 g/mol. The molecule has 0 saturated carbocycles. The Kier molecular flexibility index (Phi) is 5.49. The van der Waals surface area contributed by atoms with Crippen LogP contribution >= 0.6 is 0 Å². The van der Waals surface area contributed by atoms with E-state index < -0.39 is 6.04 Å². The fourth-order valence-corrected chi connectivity index (χ4v) is 3.82. The lowest BCUT2D eigenvalue weighted by atomic mass is 9.91. The Bertz CT molecular complexity index is 1200. The van der Waals surface area contributed by atoms with Gasteiger partial charge in [0.15, 0.2) is 0 Å². The third-order valence-corrected chi connectivity index (χ3v) is 5.31. The van der Waals surface area contributed by atoms with Gasteiger partial charge in [0.1, 0.15) is 11.5 Å². The molecule has 0 spiro atoms. The van der Waals surface area contributed by atoms with E-state index in [-0.39, 0.29) is 11.9 Å². The average molecular weight is 417 g/mol. The van der Waals surface area contributed by atoms with E-state index in [2.05, 4.69) is 16.0 Å². The fraction of sp³-hybridized carbons (Fsp3) is 0.167. The van der Waals surface area contributed by atoms with Gasteiger partial charge in [0.2, 0.25) is 0 Å². The lowest BCUT2D eigenvalue weighted by Crippen LogP contribution is -2.46. The summed E-state index contributed by atoms with van der Waals surface area (Å²) >= 11 is 0. The zero-order chi connectivity index (χ0) is 22.0. The molecule has 31 heavy (non-hydrogen) atoms. The molecule has 158 valence electrons. The maximum Gasteiger partial charge on any atom is 0.319 e. The molecule has 3 aromatic rings. The normalized spacial score (nSPS) is 15.8. The first-order chi connectivity index (χ1) is 15.0. The van der Waals surface area contributed by atoms with Crippen LogP contribution in [-0.4, -0.2) is 26.2 Å². The zero-order valence-corrected chi connectivity index (χ0v) is 17.5. The average Bonchev–Trinajstić information content (AvgIpc) is 2.78. The topological polar surface area (TPSA) is 88.7 Å². The molecule has 7 heteroatoms. The lowest BCUT2D eigenvalue weighted by molar-refractivity contribution is -0.113. The van der Waals surface area contributed by atoms with Crippen LogP contribution in [0.5, 0.6) is 11.5 Å². The van der Waals surface area contributed by atoms with E-state index in [1.165, 1.54) is 7.11 Å². The highest BCUT2D eigenvalue weighted by Crippen LogP contribution is 2.34. The summed E-state index contributed by atoms with van der Waals surface area (Å²) < 4.78 is 10.6. The largest absolute Gasteiger partial charge is 0.497 e. The summed E-state index contributed by atoms with van der Waals surface area (Å²) in [4.78, 5) is 25.6. The second-order valence-electron chi connectivity index (χ2n) is 7.16. The minimum absolute atomic E-state index is 0.341. The Morgan fingerprint density at radius 3 is 2.55 bits per heavy atom. The van der Waals surface area contributed by atoms with Crippen molar-refractivity contribution >= 4 is 28.4 Å². The SMILES string of the molecule is COc1ccc(NC(=O)C2=C(C)NC(=O)N[C@H]2c2cccc3ccccc23)c(OC)c1. The van der Waals surface area contributed by atoms with Crippen LogP contribution in [0.25, 0.3) is 10.8 Å². The highest BCUT2D eigenvalue weighted by molar-refractivity contribution is 6.08. The van der Waals surface area contributed by atoms with Gasteiger partial charge in [-0.1, -0.05) is 42.5 Å². The number of carbonyl (C=O) groups excluding carboxylic acids is 2. The number of methoxy groups -OCH3 is 2. The van der Waals surface area contributed by atoms with Gasteiger partial charge in [0, 0.05) is 11.8 Å². The van der Waals surface area contributed by atoms with Crippen LogP contribution in [0.2, 0.25) is 0 Å². The van der Waals surface area contributed by atoms with Gasteiger partial charge in [0.05, 0.1) is 31.5 Å². The number of anilines is 1. The first-order valence-electron chi connectivity index (χ1n) is 9.81. The van der Waals surface area contributed by atoms with Gasteiger partial charge in [-0.3, -0.25) is 4.79 Å². The molecule has 1 aliphatic heterocycles. The summed E-state index contributed by atoms with van der Waals surface area (Å²) in [6.07, 6.45) is 0. The number of urea groups is 1. The minimum Gasteiger partial charge on any atom is -0.497 e. The lowest BCUT2D eigenvalue weighted by Gasteiger charge is -2.29. The van der Waals surface area contributed by atoms with Gasteiger partial charge in [-0.25, -0.2) is 4.79 Å². The molecule has 0 bridgehead atoms. The van der Waals surface area contributed by atoms with Crippen molar-refractivity contribution in [2.45, 2.75) is 13.0 Å². The van der Waals surface area contributed by atoms with Crippen molar-refractivity contribution in [2.24, 2.45) is 0 Å². The van der Waals surface area contributed by atoms with Crippen LogP contribution in [0.3, 0.4) is 0 Å². The van der Waals surface area contributed by atoms with Crippen LogP contribution in [0, 0.1) is 0 Å². The number of rotatable bonds is 5. The summed E-state index contributed by atoms with van der Waals surface area (Å²) in [5.74, 6) is 0.748. The number of nitrogens with one attached hydrogen (secondary N) is 3. The first-order valence-corrected chi connectivity index (χ1v) is 9.81. The molecule has 7 nitrogen and oxygen atoms in total. The maximum absolute atomic E-state index is 13.4. The molecule has 3 aromatic carbocycles. The van der Waals surface area contributed by atoms with Crippen molar-refractivity contribution in [1.29, 1.82) is 0 Å². The van der Waals surface area contributed by atoms with Crippen molar-refractivity contribution in [3.63, 3.8) is 0 Å². The number of fused-ring (bicyclic) bond motifs is 1. The Morgan fingerprint density at radius 1 is 1.00 bits per heavy atom. The molecule has 0 radical (unpaired) electrons. The summed E-state index contributed by atoms with van der Waals surface area (Å²) in [5.41, 5.74) is 2.27. The van der Waals surface area contributed by atoms with E-state index in [9.17, 15) is 9.59 Å². The molecule has 0 aliphatic carbocycles. The number of benzene rings is 3. The van der Waals surface area contributed by atoms with Crippen LogP contribution in [0.4, 0.5) is 10.5 Å². The van der Waals surface area contributed by atoms with Gasteiger partial charge in [-0.05, 0) is 35.4 Å². The molecule has 0 unspecified atom stereocenters. The van der Waals surface area contributed by atoms with E-state index in [1.807, 2.05) is 42.5 Å². The maximum atomic E-state index is 13.4. The highest BCUT2D eigenvalue weighted by atomic mass is 16.5. The fourth-order valence-electron chi connectivity index (χ4n) is 3.82. The summed E-state index contributed by atoms with van der Waals surface area (Å²) in [7, 11) is 3.09. The molecule has 3 amide bonds. The minimum atomic E-state index is -0.607. The molecule has 3 N–H and O–H groups in total. The number of hydrogen-bond acceptors (Lipinski definition) is 4. The standard InChI is InChI=1S/C24H23N3O4/c1-14-21(23(28)26-19-12-11-16(30-2)13-20(19)31-3)22(27-24(29)25-14)18-10-6-8-15-7-4-5-9-17(15)18/h4-13,22H,1-3H3,(H,26,28)(H2,25,27,29)/t22-/m0/s1. The second-order valence-corrected chi connectivity index (χ2v) is 7.16. The molecule has 1 aliphatic rings. The predicted molar refractivity (Wildman–Crippen MR) is 119 cm³/mol. The number of carbonyl (C=O) groups is 2. The zero-order valence-electron chi connectivity index (χ0n) is 17.5. The summed E-state index contributed by atoms with van der Waals surface area (Å²) in [5, 5.41) is 10.5. The Balaban J connectivity index is 1.75. The molecular formula is C24H23N3O4. The van der Waals surface area contributed by atoms with Crippen molar-refractivity contribution in [3.05, 3.63) is 77.5 Å². The quantitative estimate of drug-likeness (QED) is 0.583. The van der Waals surface area contributed by atoms with Crippen molar-refractivity contribution in [2.75, 3.05) is 19.5 Å². The van der Waals surface area contributed by atoms with E-state index in [1.54, 1.807) is 32.2 Å². The third kappa shape index (κ3) is 3.90. The van der Waals surface area contributed by atoms with Crippen LogP contribution < -0.4 is 25.4 Å². The van der Waals surface area contributed by atoms with Gasteiger partial charge in [-0.15, -0.1) is 0 Å². The summed E-state index contributed by atoms with van der Waals surface area (Å²) in [6.45, 7) is 1.72. The monoisotopic (exact) mass is 417 g/mol. The third-order valence-electron chi connectivity index (χ3n) is 5.31.